The van der Waals surface area contributed by atoms with Gasteiger partial charge in [0.05, 0.1) is 5.56 Å². The van der Waals surface area contributed by atoms with Gasteiger partial charge in [-0.05, 0) is 56.2 Å². The fraction of sp³-hybridized carbons (Fsp3) is 0.600. The minimum absolute atomic E-state index is 0.304. The largest absolute Gasteiger partial charge is 0.416 e. The SMILES string of the molecule is Cc1ccc(C(F)(F)F)cc1NC1CCC(C)CC1. The molecule has 0 bridgehead atoms. The van der Waals surface area contributed by atoms with Crippen molar-refractivity contribution in [3.05, 3.63) is 29.3 Å². The zero-order valence-electron chi connectivity index (χ0n) is 11.3. The number of aryl methyl sites for hydroxylation is 1. The van der Waals surface area contributed by atoms with Gasteiger partial charge in [-0.1, -0.05) is 13.0 Å². The van der Waals surface area contributed by atoms with E-state index in [9.17, 15) is 13.2 Å². The van der Waals surface area contributed by atoms with Gasteiger partial charge in [-0.25, -0.2) is 0 Å². The molecule has 1 N–H and O–H groups in total. The van der Waals surface area contributed by atoms with Crippen LogP contribution in [0.25, 0.3) is 0 Å². The lowest BCUT2D eigenvalue weighted by atomic mass is 9.87. The lowest BCUT2D eigenvalue weighted by Crippen LogP contribution is -2.25. The Morgan fingerprint density at radius 3 is 2.32 bits per heavy atom. The van der Waals surface area contributed by atoms with Crippen LogP contribution in [0, 0.1) is 12.8 Å². The maximum atomic E-state index is 12.7. The molecule has 0 saturated heterocycles. The van der Waals surface area contributed by atoms with Gasteiger partial charge in [0.15, 0.2) is 0 Å². The summed E-state index contributed by atoms with van der Waals surface area (Å²) in [6.07, 6.45) is 0.101. The van der Waals surface area contributed by atoms with Gasteiger partial charge >= 0.3 is 6.18 Å². The molecule has 0 aromatic heterocycles. The Morgan fingerprint density at radius 1 is 1.11 bits per heavy atom. The molecular formula is C15H20F3N. The average Bonchev–Trinajstić information content (AvgIpc) is 2.33. The van der Waals surface area contributed by atoms with Crippen molar-refractivity contribution in [1.29, 1.82) is 0 Å². The monoisotopic (exact) mass is 271 g/mol. The van der Waals surface area contributed by atoms with Gasteiger partial charge in [-0.3, -0.25) is 0 Å². The second kappa shape index (κ2) is 5.43. The first-order valence-corrected chi connectivity index (χ1v) is 6.80. The normalized spacial score (nSPS) is 24.3. The van der Waals surface area contributed by atoms with Gasteiger partial charge in [0.2, 0.25) is 0 Å². The molecule has 1 saturated carbocycles. The minimum Gasteiger partial charge on any atom is -0.382 e. The van der Waals surface area contributed by atoms with Crippen LogP contribution in [-0.2, 0) is 6.18 Å². The first-order chi connectivity index (χ1) is 8.86. The Labute approximate surface area is 112 Å². The molecule has 4 heteroatoms. The highest BCUT2D eigenvalue weighted by atomic mass is 19.4. The summed E-state index contributed by atoms with van der Waals surface area (Å²) in [6.45, 7) is 4.07. The molecule has 1 aliphatic carbocycles. The average molecular weight is 271 g/mol. The Bertz CT molecular complexity index is 432. The Hall–Kier alpha value is -1.19. The first-order valence-electron chi connectivity index (χ1n) is 6.80. The standard InChI is InChI=1S/C15H20F3N/c1-10-3-7-13(8-4-10)19-14-9-12(15(16,17)18)6-5-11(14)2/h5-6,9-10,13,19H,3-4,7-8H2,1-2H3. The van der Waals surface area contributed by atoms with E-state index in [0.717, 1.165) is 43.2 Å². The van der Waals surface area contributed by atoms with Crippen molar-refractivity contribution in [1.82, 2.24) is 0 Å². The van der Waals surface area contributed by atoms with Crippen LogP contribution in [-0.4, -0.2) is 6.04 Å². The zero-order chi connectivity index (χ0) is 14.0. The van der Waals surface area contributed by atoms with E-state index in [2.05, 4.69) is 12.2 Å². The van der Waals surface area contributed by atoms with Crippen LogP contribution in [0.1, 0.15) is 43.7 Å². The number of benzene rings is 1. The van der Waals surface area contributed by atoms with Crippen molar-refractivity contribution in [3.8, 4) is 0 Å². The van der Waals surface area contributed by atoms with Gasteiger partial charge in [-0.15, -0.1) is 0 Å². The topological polar surface area (TPSA) is 12.0 Å². The molecule has 1 aromatic rings. The second-order valence-electron chi connectivity index (χ2n) is 5.63. The molecule has 1 nitrogen and oxygen atoms in total. The van der Waals surface area contributed by atoms with Crippen LogP contribution in [0.2, 0.25) is 0 Å². The maximum Gasteiger partial charge on any atom is 0.416 e. The summed E-state index contributed by atoms with van der Waals surface area (Å²) in [5, 5.41) is 3.28. The lowest BCUT2D eigenvalue weighted by molar-refractivity contribution is -0.137. The van der Waals surface area contributed by atoms with E-state index < -0.39 is 11.7 Å². The molecule has 19 heavy (non-hydrogen) atoms. The molecule has 0 aliphatic heterocycles. The van der Waals surface area contributed by atoms with Gasteiger partial charge in [0.1, 0.15) is 0 Å². The molecule has 1 fully saturated rings. The van der Waals surface area contributed by atoms with Crippen molar-refractivity contribution in [2.45, 2.75) is 51.7 Å². The van der Waals surface area contributed by atoms with E-state index in [0.29, 0.717) is 11.7 Å². The molecule has 0 amide bonds. The molecular weight excluding hydrogens is 251 g/mol. The molecule has 0 radical (unpaired) electrons. The van der Waals surface area contributed by atoms with Crippen LogP contribution in [0.3, 0.4) is 0 Å². The van der Waals surface area contributed by atoms with Crippen LogP contribution >= 0.6 is 0 Å². The molecule has 1 aliphatic rings. The van der Waals surface area contributed by atoms with Crippen molar-refractivity contribution in [3.63, 3.8) is 0 Å². The van der Waals surface area contributed by atoms with Crippen LogP contribution in [0.15, 0.2) is 18.2 Å². The van der Waals surface area contributed by atoms with Gasteiger partial charge in [0.25, 0.3) is 0 Å². The highest BCUT2D eigenvalue weighted by Gasteiger charge is 2.31. The number of halogens is 3. The molecule has 0 spiro atoms. The maximum absolute atomic E-state index is 12.7. The Morgan fingerprint density at radius 2 is 1.74 bits per heavy atom. The van der Waals surface area contributed by atoms with Gasteiger partial charge < -0.3 is 5.32 Å². The number of nitrogens with one attached hydrogen (secondary N) is 1. The van der Waals surface area contributed by atoms with Crippen molar-refractivity contribution in [2.24, 2.45) is 5.92 Å². The summed E-state index contributed by atoms with van der Waals surface area (Å²) in [6, 6.07) is 4.21. The molecule has 0 heterocycles. The number of alkyl halides is 3. The third-order valence-corrected chi connectivity index (χ3v) is 3.94. The highest BCUT2D eigenvalue weighted by molar-refractivity contribution is 5.53. The van der Waals surface area contributed by atoms with E-state index in [1.807, 2.05) is 6.92 Å². The van der Waals surface area contributed by atoms with E-state index in [1.165, 1.54) is 12.1 Å². The molecule has 106 valence electrons. The van der Waals surface area contributed by atoms with Gasteiger partial charge in [-0.2, -0.15) is 13.2 Å². The number of rotatable bonds is 2. The highest BCUT2D eigenvalue weighted by Crippen LogP contribution is 2.33. The van der Waals surface area contributed by atoms with E-state index in [-0.39, 0.29) is 0 Å². The van der Waals surface area contributed by atoms with Gasteiger partial charge in [0, 0.05) is 11.7 Å². The first kappa shape index (κ1) is 14.2. The Kier molecular flexibility index (Phi) is 4.07. The predicted molar refractivity (Wildman–Crippen MR) is 71.2 cm³/mol. The zero-order valence-corrected chi connectivity index (χ0v) is 11.3. The van der Waals surface area contributed by atoms with Crippen molar-refractivity contribution < 1.29 is 13.2 Å². The van der Waals surface area contributed by atoms with E-state index in [1.54, 1.807) is 0 Å². The molecule has 0 atom stereocenters. The number of hydrogen-bond donors (Lipinski definition) is 1. The van der Waals surface area contributed by atoms with Crippen LogP contribution < -0.4 is 5.32 Å². The summed E-state index contributed by atoms with van der Waals surface area (Å²) in [5.74, 6) is 0.737. The summed E-state index contributed by atoms with van der Waals surface area (Å²) in [7, 11) is 0. The quantitative estimate of drug-likeness (QED) is 0.797. The number of hydrogen-bond acceptors (Lipinski definition) is 1. The van der Waals surface area contributed by atoms with Crippen LogP contribution in [0.5, 0.6) is 0 Å². The summed E-state index contributed by atoms with van der Waals surface area (Å²) >= 11 is 0. The van der Waals surface area contributed by atoms with Crippen molar-refractivity contribution in [2.75, 3.05) is 5.32 Å². The minimum atomic E-state index is -4.27. The summed E-state index contributed by atoms with van der Waals surface area (Å²) in [5.41, 5.74) is 0.908. The fourth-order valence-corrected chi connectivity index (χ4v) is 2.58. The van der Waals surface area contributed by atoms with E-state index in [4.69, 9.17) is 0 Å². The molecule has 2 rings (SSSR count). The van der Waals surface area contributed by atoms with E-state index >= 15 is 0 Å². The molecule has 0 unspecified atom stereocenters. The Balaban J connectivity index is 2.11. The number of anilines is 1. The van der Waals surface area contributed by atoms with Crippen molar-refractivity contribution >= 4 is 5.69 Å². The fourth-order valence-electron chi connectivity index (χ4n) is 2.58. The third kappa shape index (κ3) is 3.64. The smallest absolute Gasteiger partial charge is 0.382 e. The lowest BCUT2D eigenvalue weighted by Gasteiger charge is -2.28. The molecule has 1 aromatic carbocycles. The second-order valence-corrected chi connectivity index (χ2v) is 5.63. The predicted octanol–water partition coefficient (Wildman–Crippen LogP) is 5.00. The summed E-state index contributed by atoms with van der Waals surface area (Å²) < 4.78 is 38.1. The van der Waals surface area contributed by atoms with Crippen LogP contribution in [0.4, 0.5) is 18.9 Å². The summed E-state index contributed by atoms with van der Waals surface area (Å²) in [4.78, 5) is 0. The third-order valence-electron chi connectivity index (χ3n) is 3.94.